The van der Waals surface area contributed by atoms with Crippen LogP contribution in [0.4, 0.5) is 0 Å². The molecule has 100 valence electrons. The minimum absolute atomic E-state index is 0.148. The Balaban J connectivity index is 2.17. The highest BCUT2D eigenvalue weighted by molar-refractivity contribution is 6.31. The number of aromatic amines is 1. The molecule has 1 aliphatic carbocycles. The Morgan fingerprint density at radius 2 is 2.00 bits per heavy atom. The number of hydrogen-bond acceptors (Lipinski definition) is 1. The summed E-state index contributed by atoms with van der Waals surface area (Å²) in [5, 5.41) is 1.82. The fourth-order valence-corrected chi connectivity index (χ4v) is 3.10. The first-order valence-electron chi connectivity index (χ1n) is 6.69. The van der Waals surface area contributed by atoms with Crippen molar-refractivity contribution in [2.75, 3.05) is 0 Å². The molecular formula is C16H18ClNO. The average Bonchev–Trinajstić information content (AvgIpc) is 2.67. The van der Waals surface area contributed by atoms with Crippen LogP contribution in [0.3, 0.4) is 0 Å². The Kier molecular flexibility index (Phi) is 2.75. The van der Waals surface area contributed by atoms with E-state index in [1.165, 1.54) is 0 Å². The van der Waals surface area contributed by atoms with Crippen molar-refractivity contribution < 1.29 is 4.79 Å². The van der Waals surface area contributed by atoms with E-state index < -0.39 is 0 Å². The topological polar surface area (TPSA) is 32.9 Å². The standard InChI is InChI=1S/C16H18ClNO/c1-16(2,3)9-6-12-11-8-10(17)4-5-13(11)18-15(12)14(19)7-9/h4-5,8-9,18H,6-7H2,1-3H3. The molecular weight excluding hydrogens is 258 g/mol. The number of nitrogens with one attached hydrogen (secondary N) is 1. The second kappa shape index (κ2) is 4.11. The SMILES string of the molecule is CC(C)(C)C1CC(=O)c2[nH]c3ccc(Cl)cc3c2C1. The van der Waals surface area contributed by atoms with Gasteiger partial charge in [-0.15, -0.1) is 0 Å². The van der Waals surface area contributed by atoms with E-state index in [-0.39, 0.29) is 11.2 Å². The first kappa shape index (κ1) is 12.7. The maximum absolute atomic E-state index is 12.3. The van der Waals surface area contributed by atoms with E-state index >= 15 is 0 Å². The van der Waals surface area contributed by atoms with Crippen molar-refractivity contribution in [3.8, 4) is 0 Å². The molecule has 1 aliphatic rings. The van der Waals surface area contributed by atoms with Crippen LogP contribution in [0.2, 0.25) is 5.02 Å². The monoisotopic (exact) mass is 275 g/mol. The van der Waals surface area contributed by atoms with Crippen molar-refractivity contribution in [2.24, 2.45) is 11.3 Å². The second-order valence-electron chi connectivity index (χ2n) is 6.56. The first-order chi connectivity index (χ1) is 8.86. The Morgan fingerprint density at radius 1 is 1.26 bits per heavy atom. The van der Waals surface area contributed by atoms with Gasteiger partial charge in [-0.2, -0.15) is 0 Å². The second-order valence-corrected chi connectivity index (χ2v) is 7.00. The van der Waals surface area contributed by atoms with Crippen LogP contribution in [0.5, 0.6) is 0 Å². The Morgan fingerprint density at radius 3 is 2.68 bits per heavy atom. The minimum Gasteiger partial charge on any atom is -0.352 e. The Bertz CT molecular complexity index is 663. The van der Waals surface area contributed by atoms with Crippen molar-refractivity contribution in [3.63, 3.8) is 0 Å². The lowest BCUT2D eigenvalue weighted by Crippen LogP contribution is -2.29. The molecule has 0 saturated heterocycles. The number of carbonyl (C=O) groups is 1. The summed E-state index contributed by atoms with van der Waals surface area (Å²) < 4.78 is 0. The fourth-order valence-electron chi connectivity index (χ4n) is 2.93. The smallest absolute Gasteiger partial charge is 0.179 e. The van der Waals surface area contributed by atoms with Crippen LogP contribution in [-0.4, -0.2) is 10.8 Å². The van der Waals surface area contributed by atoms with Gasteiger partial charge in [0.15, 0.2) is 5.78 Å². The molecule has 1 aromatic heterocycles. The van der Waals surface area contributed by atoms with Crippen LogP contribution in [0.15, 0.2) is 18.2 Å². The van der Waals surface area contributed by atoms with Gasteiger partial charge in [0.2, 0.25) is 0 Å². The summed E-state index contributed by atoms with van der Waals surface area (Å²) in [7, 11) is 0. The van der Waals surface area contributed by atoms with Crippen molar-refractivity contribution in [3.05, 3.63) is 34.5 Å². The third-order valence-electron chi connectivity index (χ3n) is 4.25. The van der Waals surface area contributed by atoms with Crippen LogP contribution < -0.4 is 0 Å². The largest absolute Gasteiger partial charge is 0.352 e. The van der Waals surface area contributed by atoms with Gasteiger partial charge in [0.1, 0.15) is 0 Å². The number of aromatic nitrogens is 1. The number of carbonyl (C=O) groups excluding carboxylic acids is 1. The fraction of sp³-hybridized carbons (Fsp3) is 0.438. The number of halogens is 1. The molecule has 3 rings (SSSR count). The van der Waals surface area contributed by atoms with Gasteiger partial charge in [0, 0.05) is 22.3 Å². The lowest BCUT2D eigenvalue weighted by atomic mass is 9.71. The summed E-state index contributed by atoms with van der Waals surface area (Å²) in [6.45, 7) is 6.62. The molecule has 0 bridgehead atoms. The van der Waals surface area contributed by atoms with E-state index in [1.54, 1.807) is 0 Å². The van der Waals surface area contributed by atoms with Gasteiger partial charge in [-0.3, -0.25) is 4.79 Å². The molecule has 0 fully saturated rings. The predicted octanol–water partition coefficient (Wildman–Crippen LogP) is 4.61. The average molecular weight is 276 g/mol. The molecule has 1 unspecified atom stereocenters. The summed E-state index contributed by atoms with van der Waals surface area (Å²) in [6.07, 6.45) is 1.59. The maximum atomic E-state index is 12.3. The maximum Gasteiger partial charge on any atom is 0.179 e. The van der Waals surface area contributed by atoms with E-state index in [9.17, 15) is 4.79 Å². The highest BCUT2D eigenvalue weighted by Gasteiger charge is 2.34. The number of benzene rings is 1. The molecule has 1 aromatic carbocycles. The molecule has 1 N–H and O–H groups in total. The molecule has 1 heterocycles. The molecule has 2 nitrogen and oxygen atoms in total. The number of rotatable bonds is 0. The molecule has 0 saturated carbocycles. The van der Waals surface area contributed by atoms with Gasteiger partial charge in [0.05, 0.1) is 5.69 Å². The number of ketones is 1. The Hall–Kier alpha value is -1.28. The van der Waals surface area contributed by atoms with Crippen LogP contribution in [0.25, 0.3) is 10.9 Å². The molecule has 0 radical (unpaired) electrons. The number of Topliss-reactive ketones (excluding diaryl/α,β-unsaturated/α-hetero) is 1. The highest BCUT2D eigenvalue weighted by atomic mass is 35.5. The third-order valence-corrected chi connectivity index (χ3v) is 4.49. The lowest BCUT2D eigenvalue weighted by Gasteiger charge is -2.33. The van der Waals surface area contributed by atoms with Crippen molar-refractivity contribution in [2.45, 2.75) is 33.6 Å². The van der Waals surface area contributed by atoms with Crippen LogP contribution >= 0.6 is 11.6 Å². The molecule has 3 heteroatoms. The van der Waals surface area contributed by atoms with Crippen molar-refractivity contribution in [1.29, 1.82) is 0 Å². The summed E-state index contributed by atoms with van der Waals surface area (Å²) >= 11 is 6.08. The van der Waals surface area contributed by atoms with E-state index in [2.05, 4.69) is 25.8 Å². The minimum atomic E-state index is 0.148. The van der Waals surface area contributed by atoms with E-state index in [0.29, 0.717) is 12.3 Å². The van der Waals surface area contributed by atoms with Crippen molar-refractivity contribution in [1.82, 2.24) is 4.98 Å². The van der Waals surface area contributed by atoms with Gasteiger partial charge in [-0.1, -0.05) is 32.4 Å². The normalized spacial score (nSPS) is 19.8. The molecule has 1 atom stereocenters. The van der Waals surface area contributed by atoms with E-state index in [4.69, 9.17) is 11.6 Å². The van der Waals surface area contributed by atoms with Gasteiger partial charge in [0.25, 0.3) is 0 Å². The molecule has 0 spiro atoms. The summed E-state index contributed by atoms with van der Waals surface area (Å²) in [4.78, 5) is 15.6. The van der Waals surface area contributed by atoms with Gasteiger partial charge in [-0.05, 0) is 41.5 Å². The van der Waals surface area contributed by atoms with Crippen molar-refractivity contribution >= 4 is 28.3 Å². The number of fused-ring (bicyclic) bond motifs is 3. The van der Waals surface area contributed by atoms with E-state index in [1.807, 2.05) is 18.2 Å². The third kappa shape index (κ3) is 2.08. The summed E-state index contributed by atoms with van der Waals surface area (Å²) in [5.74, 6) is 0.624. The zero-order valence-electron chi connectivity index (χ0n) is 11.5. The highest BCUT2D eigenvalue weighted by Crippen LogP contribution is 2.40. The van der Waals surface area contributed by atoms with E-state index in [0.717, 1.165) is 33.6 Å². The lowest BCUT2D eigenvalue weighted by molar-refractivity contribution is 0.0890. The molecule has 19 heavy (non-hydrogen) atoms. The zero-order chi connectivity index (χ0) is 13.8. The van der Waals surface area contributed by atoms with Gasteiger partial charge < -0.3 is 4.98 Å². The molecule has 0 aliphatic heterocycles. The quantitative estimate of drug-likeness (QED) is 0.748. The summed E-state index contributed by atoms with van der Waals surface area (Å²) in [5.41, 5.74) is 3.10. The number of hydrogen-bond donors (Lipinski definition) is 1. The Labute approximate surface area is 118 Å². The van der Waals surface area contributed by atoms with Crippen LogP contribution in [0.1, 0.15) is 43.2 Å². The summed E-state index contributed by atoms with van der Waals surface area (Å²) in [6, 6.07) is 5.78. The molecule has 2 aromatic rings. The predicted molar refractivity (Wildman–Crippen MR) is 78.9 cm³/mol. The number of H-pyrrole nitrogens is 1. The first-order valence-corrected chi connectivity index (χ1v) is 7.07. The van der Waals surface area contributed by atoms with Gasteiger partial charge in [-0.25, -0.2) is 0 Å². The van der Waals surface area contributed by atoms with Crippen LogP contribution in [0, 0.1) is 11.3 Å². The zero-order valence-corrected chi connectivity index (χ0v) is 12.3. The van der Waals surface area contributed by atoms with Gasteiger partial charge >= 0.3 is 0 Å². The van der Waals surface area contributed by atoms with Crippen LogP contribution in [-0.2, 0) is 6.42 Å². The molecule has 0 amide bonds.